The molecule has 5 aromatic rings. The van der Waals surface area contributed by atoms with Gasteiger partial charge in [0.15, 0.2) is 16.7 Å². The van der Waals surface area contributed by atoms with Gasteiger partial charge in [-0.1, -0.05) is 66.4 Å². The van der Waals surface area contributed by atoms with E-state index < -0.39 is 0 Å². The molecule has 7 nitrogen and oxygen atoms in total. The van der Waals surface area contributed by atoms with Crippen LogP contribution in [0.1, 0.15) is 11.1 Å². The minimum absolute atomic E-state index is 0.124. The van der Waals surface area contributed by atoms with Crippen molar-refractivity contribution in [2.24, 2.45) is 0 Å². The highest BCUT2D eigenvalue weighted by Gasteiger charge is 2.19. The van der Waals surface area contributed by atoms with Crippen LogP contribution in [0.2, 0.25) is 0 Å². The Morgan fingerprint density at radius 1 is 1.03 bits per heavy atom. The van der Waals surface area contributed by atoms with Crippen molar-refractivity contribution in [3.05, 3.63) is 100 Å². The van der Waals surface area contributed by atoms with E-state index in [1.807, 2.05) is 79.0 Å². The average molecular weight is 498 g/mol. The lowest BCUT2D eigenvalue weighted by molar-refractivity contribution is 0.174. The fourth-order valence-corrected chi connectivity index (χ4v) is 5.28. The Morgan fingerprint density at radius 3 is 2.69 bits per heavy atom. The van der Waals surface area contributed by atoms with Gasteiger partial charge in [-0.2, -0.15) is 0 Å². The van der Waals surface area contributed by atoms with Gasteiger partial charge in [0.25, 0.3) is 5.56 Å². The van der Waals surface area contributed by atoms with Gasteiger partial charge in [-0.3, -0.25) is 9.36 Å². The van der Waals surface area contributed by atoms with Crippen molar-refractivity contribution < 1.29 is 14.2 Å². The van der Waals surface area contributed by atoms with E-state index in [1.165, 1.54) is 11.8 Å². The van der Waals surface area contributed by atoms with Gasteiger partial charge in [-0.25, -0.2) is 4.98 Å². The Labute approximate surface area is 211 Å². The maximum atomic E-state index is 13.8. The second kappa shape index (κ2) is 9.47. The van der Waals surface area contributed by atoms with Crippen LogP contribution in [0.3, 0.4) is 0 Å². The summed E-state index contributed by atoms with van der Waals surface area (Å²) in [5.74, 6) is 2.83. The Hall–Kier alpha value is -4.17. The van der Waals surface area contributed by atoms with E-state index in [4.69, 9.17) is 19.2 Å². The second-order valence-corrected chi connectivity index (χ2v) is 9.31. The summed E-state index contributed by atoms with van der Waals surface area (Å²) in [5, 5.41) is 0.632. The first kappa shape index (κ1) is 22.3. The molecule has 2 aromatic heterocycles. The van der Waals surface area contributed by atoms with Crippen LogP contribution in [0.25, 0.3) is 22.2 Å². The minimum Gasteiger partial charge on any atom is -0.496 e. The fourth-order valence-electron chi connectivity index (χ4n) is 4.34. The van der Waals surface area contributed by atoms with Crippen LogP contribution < -0.4 is 19.8 Å². The van der Waals surface area contributed by atoms with Crippen molar-refractivity contribution >= 4 is 22.8 Å². The third-order valence-electron chi connectivity index (χ3n) is 6.16. The molecular weight excluding hydrogens is 474 g/mol. The number of fused-ring (bicyclic) bond motifs is 2. The van der Waals surface area contributed by atoms with E-state index in [2.05, 4.69) is 4.98 Å². The third kappa shape index (κ3) is 4.09. The molecule has 0 aliphatic carbocycles. The number of aromatic amines is 1. The lowest BCUT2D eigenvalue weighted by Gasteiger charge is -2.14. The number of methoxy groups -OCH3 is 1. The number of aromatic nitrogens is 3. The van der Waals surface area contributed by atoms with Gasteiger partial charge >= 0.3 is 0 Å². The summed E-state index contributed by atoms with van der Waals surface area (Å²) in [4.78, 5) is 21.9. The van der Waals surface area contributed by atoms with Crippen LogP contribution in [-0.4, -0.2) is 28.4 Å². The fraction of sp³-hybridized carbons (Fsp3) is 0.143. The van der Waals surface area contributed by atoms with Gasteiger partial charge in [0, 0.05) is 23.1 Å². The largest absolute Gasteiger partial charge is 0.496 e. The van der Waals surface area contributed by atoms with Crippen LogP contribution in [-0.2, 0) is 12.3 Å². The molecule has 0 saturated carbocycles. The number of rotatable bonds is 7. The molecule has 0 spiro atoms. The van der Waals surface area contributed by atoms with Gasteiger partial charge in [0.05, 0.1) is 13.7 Å². The number of thioether (sulfide) groups is 1. The number of hydrogen-bond donors (Lipinski definition) is 1. The summed E-state index contributed by atoms with van der Waals surface area (Å²) in [6.07, 6.45) is 1.86. The quantitative estimate of drug-likeness (QED) is 0.237. The zero-order chi connectivity index (χ0) is 24.5. The van der Waals surface area contributed by atoms with Crippen molar-refractivity contribution in [3.8, 4) is 28.4 Å². The highest BCUT2D eigenvalue weighted by Crippen LogP contribution is 2.35. The Morgan fingerprint density at radius 2 is 1.83 bits per heavy atom. The number of benzene rings is 3. The van der Waals surface area contributed by atoms with E-state index >= 15 is 0 Å². The number of ether oxygens (including phenoxy) is 3. The number of nitrogens with zero attached hydrogens (tertiary/aromatic N) is 2. The summed E-state index contributed by atoms with van der Waals surface area (Å²) in [6, 6.07) is 23.6. The zero-order valence-electron chi connectivity index (χ0n) is 19.6. The van der Waals surface area contributed by atoms with Gasteiger partial charge in [-0.05, 0) is 29.3 Å². The molecule has 180 valence electrons. The van der Waals surface area contributed by atoms with Crippen LogP contribution >= 0.6 is 11.8 Å². The van der Waals surface area contributed by atoms with Crippen LogP contribution in [0, 0.1) is 0 Å². The molecule has 3 aromatic carbocycles. The third-order valence-corrected chi connectivity index (χ3v) is 7.21. The summed E-state index contributed by atoms with van der Waals surface area (Å²) in [6.45, 7) is 0.577. The van der Waals surface area contributed by atoms with Gasteiger partial charge < -0.3 is 19.2 Å². The summed E-state index contributed by atoms with van der Waals surface area (Å²) >= 11 is 1.52. The van der Waals surface area contributed by atoms with Crippen molar-refractivity contribution in [1.82, 2.24) is 14.5 Å². The molecule has 6 rings (SSSR count). The van der Waals surface area contributed by atoms with E-state index in [9.17, 15) is 4.79 Å². The highest BCUT2D eigenvalue weighted by molar-refractivity contribution is 7.98. The maximum Gasteiger partial charge on any atom is 0.278 e. The Balaban J connectivity index is 1.44. The molecule has 0 radical (unpaired) electrons. The average Bonchev–Trinajstić information content (AvgIpc) is 3.57. The molecule has 1 N–H and O–H groups in total. The van der Waals surface area contributed by atoms with E-state index in [0.717, 1.165) is 39.5 Å². The molecule has 8 heteroatoms. The monoisotopic (exact) mass is 497 g/mol. The first-order valence-electron chi connectivity index (χ1n) is 11.5. The molecule has 3 heterocycles. The molecule has 36 heavy (non-hydrogen) atoms. The second-order valence-electron chi connectivity index (χ2n) is 8.37. The lowest BCUT2D eigenvalue weighted by Crippen LogP contribution is -2.24. The normalized spacial score (nSPS) is 12.2. The van der Waals surface area contributed by atoms with Crippen molar-refractivity contribution in [2.45, 2.75) is 17.5 Å². The lowest BCUT2D eigenvalue weighted by atomic mass is 10.1. The Bertz CT molecular complexity index is 1610. The molecule has 0 saturated heterocycles. The summed E-state index contributed by atoms with van der Waals surface area (Å²) < 4.78 is 18.2. The van der Waals surface area contributed by atoms with Crippen molar-refractivity contribution in [3.63, 3.8) is 0 Å². The number of hydrogen-bond acceptors (Lipinski definition) is 6. The minimum atomic E-state index is -0.124. The highest BCUT2D eigenvalue weighted by atomic mass is 32.2. The molecule has 1 aliphatic rings. The van der Waals surface area contributed by atoms with Gasteiger partial charge in [-0.15, -0.1) is 0 Å². The predicted molar refractivity (Wildman–Crippen MR) is 140 cm³/mol. The number of H-pyrrole nitrogens is 1. The molecular formula is C28H23N3O4S. The molecule has 0 unspecified atom stereocenters. The number of para-hydroxylation sites is 1. The molecule has 0 bridgehead atoms. The van der Waals surface area contributed by atoms with Crippen LogP contribution in [0.4, 0.5) is 0 Å². The van der Waals surface area contributed by atoms with Crippen LogP contribution in [0.15, 0.2) is 88.9 Å². The number of nitrogens with one attached hydrogen (secondary N) is 1. The topological polar surface area (TPSA) is 78.4 Å². The summed E-state index contributed by atoms with van der Waals surface area (Å²) in [5.41, 5.74) is 4.89. The Kier molecular flexibility index (Phi) is 5.87. The van der Waals surface area contributed by atoms with E-state index in [-0.39, 0.29) is 12.4 Å². The predicted octanol–water partition coefficient (Wildman–Crippen LogP) is 5.47. The maximum absolute atomic E-state index is 13.8. The van der Waals surface area contributed by atoms with E-state index in [1.54, 1.807) is 11.7 Å². The first-order valence-corrected chi connectivity index (χ1v) is 12.5. The van der Waals surface area contributed by atoms with E-state index in [0.29, 0.717) is 28.5 Å². The van der Waals surface area contributed by atoms with Crippen molar-refractivity contribution in [1.29, 1.82) is 0 Å². The molecule has 0 atom stereocenters. The van der Waals surface area contributed by atoms with Gasteiger partial charge in [0.1, 0.15) is 16.8 Å². The molecule has 1 aliphatic heterocycles. The zero-order valence-corrected chi connectivity index (χ0v) is 20.4. The molecule has 0 fully saturated rings. The standard InChI is InChI=1S/C28H23N3O4S/c1-33-22-10-6-5-9-20(22)15-31-27(32)26-25(21(14-29-26)19-7-3-2-4-8-19)30-28(31)36-16-18-11-12-23-24(13-18)35-17-34-23/h2-14,29H,15-17H2,1H3. The van der Waals surface area contributed by atoms with Gasteiger partial charge in [0.2, 0.25) is 6.79 Å². The van der Waals surface area contributed by atoms with Crippen molar-refractivity contribution in [2.75, 3.05) is 13.9 Å². The van der Waals surface area contributed by atoms with Crippen LogP contribution in [0.5, 0.6) is 17.2 Å². The smallest absolute Gasteiger partial charge is 0.278 e. The first-order chi connectivity index (χ1) is 17.7. The summed E-state index contributed by atoms with van der Waals surface area (Å²) in [7, 11) is 1.63. The molecule has 0 amide bonds. The SMILES string of the molecule is COc1ccccc1Cn1c(SCc2ccc3c(c2)OCO3)nc2c(-c3ccccc3)c[nH]c2c1=O.